The van der Waals surface area contributed by atoms with Crippen molar-refractivity contribution in [3.05, 3.63) is 18.5 Å². The first-order chi connectivity index (χ1) is 5.93. The quantitative estimate of drug-likeness (QED) is 0.675. The third-order valence-corrected chi connectivity index (χ3v) is 1.58. The summed E-state index contributed by atoms with van der Waals surface area (Å²) in [4.78, 5) is 7.95. The van der Waals surface area contributed by atoms with Crippen molar-refractivity contribution in [2.45, 2.75) is 26.2 Å². The first kappa shape index (κ1) is 8.97. The number of anilines is 1. The summed E-state index contributed by atoms with van der Waals surface area (Å²) in [5.41, 5.74) is 0. The average Bonchev–Trinajstić information content (AvgIpc) is 2.14. The normalized spacial score (nSPS) is 9.75. The predicted octanol–water partition coefficient (Wildman–Crippen LogP) is 1.88. The van der Waals surface area contributed by atoms with Gasteiger partial charge in [0, 0.05) is 12.7 Å². The monoisotopic (exact) mass is 164 g/mol. The summed E-state index contributed by atoms with van der Waals surface area (Å²) in [6.45, 7) is 3.14. The van der Waals surface area contributed by atoms with Gasteiger partial charge in [-0.25, -0.2) is 9.97 Å². The molecular weight excluding hydrogens is 150 g/mol. The molecule has 0 aliphatic carbocycles. The molecule has 1 aromatic rings. The van der Waals surface area contributed by atoms with Gasteiger partial charge >= 0.3 is 0 Å². The minimum absolute atomic E-state index is 0.675. The third-order valence-electron chi connectivity index (χ3n) is 1.58. The maximum absolute atomic E-state index is 4.02. The molecule has 0 amide bonds. The Morgan fingerprint density at radius 1 is 1.50 bits per heavy atom. The Bertz CT molecular complexity index is 198. The molecule has 0 unspecified atom stereocenters. The van der Waals surface area contributed by atoms with Gasteiger partial charge in [-0.15, -0.1) is 0 Å². The van der Waals surface area contributed by atoms with Gasteiger partial charge in [-0.05, 0) is 12.5 Å². The molecule has 0 aromatic carbocycles. The summed E-state index contributed by atoms with van der Waals surface area (Å²) in [5, 5.41) is 3.13. The highest BCUT2D eigenvalue weighted by Crippen LogP contribution is 1.96. The molecule has 0 saturated carbocycles. The molecule has 0 aliphatic rings. The first-order valence-electron chi connectivity index (χ1n) is 4.36. The minimum Gasteiger partial charge on any atom is -0.354 e. The van der Waals surface area contributed by atoms with E-state index in [1.165, 1.54) is 19.3 Å². The van der Waals surface area contributed by atoms with Crippen LogP contribution in [0.3, 0.4) is 0 Å². The van der Waals surface area contributed by atoms with Crippen molar-refractivity contribution in [3.8, 4) is 0 Å². The molecule has 0 atom stereocenters. The molecule has 0 bridgehead atoms. The van der Waals surface area contributed by atoms with Gasteiger partial charge < -0.3 is 5.32 Å². The molecule has 1 aromatic heterocycles. The second-order valence-electron chi connectivity index (χ2n) is 2.64. The third kappa shape index (κ3) is 3.32. The Hall–Kier alpha value is -1.12. The highest BCUT2D eigenvalue weighted by atomic mass is 15.1. The standard InChI is InChI=1S/C9H14N3/c1-2-3-4-6-10-9-11-7-5-8-12-9/h5,7H,2-4,6H2,1H3,(H,10,11,12). The Kier molecular flexibility index (Phi) is 4.13. The van der Waals surface area contributed by atoms with Crippen LogP contribution in [0, 0.1) is 6.20 Å². The van der Waals surface area contributed by atoms with Crippen LogP contribution >= 0.6 is 0 Å². The highest BCUT2D eigenvalue weighted by Gasteiger charge is 1.90. The largest absolute Gasteiger partial charge is 0.354 e. The molecule has 1 radical (unpaired) electrons. The molecule has 65 valence electrons. The lowest BCUT2D eigenvalue weighted by Gasteiger charge is -2.01. The van der Waals surface area contributed by atoms with E-state index in [1.807, 2.05) is 0 Å². The highest BCUT2D eigenvalue weighted by molar-refractivity contribution is 5.21. The minimum atomic E-state index is 0.675. The zero-order valence-corrected chi connectivity index (χ0v) is 7.38. The van der Waals surface area contributed by atoms with Gasteiger partial charge in [0.15, 0.2) is 0 Å². The fourth-order valence-corrected chi connectivity index (χ4v) is 0.929. The van der Waals surface area contributed by atoms with Crippen molar-refractivity contribution in [2.75, 3.05) is 11.9 Å². The van der Waals surface area contributed by atoms with Crippen molar-refractivity contribution in [1.82, 2.24) is 9.97 Å². The summed E-state index contributed by atoms with van der Waals surface area (Å²) in [6.07, 6.45) is 8.08. The molecule has 1 N–H and O–H groups in total. The van der Waals surface area contributed by atoms with Gasteiger partial charge in [0.25, 0.3) is 0 Å². The fraction of sp³-hybridized carbons (Fsp3) is 0.556. The van der Waals surface area contributed by atoms with Gasteiger partial charge in [0.2, 0.25) is 5.95 Å². The van der Waals surface area contributed by atoms with Crippen LogP contribution < -0.4 is 5.32 Å². The molecule has 1 rings (SSSR count). The van der Waals surface area contributed by atoms with Crippen molar-refractivity contribution in [3.63, 3.8) is 0 Å². The maximum Gasteiger partial charge on any atom is 0.223 e. The van der Waals surface area contributed by atoms with Crippen molar-refractivity contribution >= 4 is 5.95 Å². The van der Waals surface area contributed by atoms with Gasteiger partial charge in [0.05, 0.1) is 6.20 Å². The van der Waals surface area contributed by atoms with E-state index >= 15 is 0 Å². The van der Waals surface area contributed by atoms with Gasteiger partial charge in [-0.3, -0.25) is 0 Å². The number of nitrogens with zero attached hydrogens (tertiary/aromatic N) is 2. The van der Waals surface area contributed by atoms with E-state index in [2.05, 4.69) is 28.4 Å². The van der Waals surface area contributed by atoms with Crippen LogP contribution in [0.1, 0.15) is 26.2 Å². The van der Waals surface area contributed by atoms with E-state index in [9.17, 15) is 0 Å². The molecule has 0 spiro atoms. The molecule has 0 saturated heterocycles. The summed E-state index contributed by atoms with van der Waals surface area (Å²) in [6, 6.07) is 1.69. The van der Waals surface area contributed by atoms with Crippen LogP contribution in [0.4, 0.5) is 5.95 Å². The molecule has 1 heterocycles. The molecule has 3 nitrogen and oxygen atoms in total. The Labute approximate surface area is 73.2 Å². The lowest BCUT2D eigenvalue weighted by atomic mass is 10.2. The van der Waals surface area contributed by atoms with Crippen LogP contribution in [0.15, 0.2) is 12.3 Å². The van der Waals surface area contributed by atoms with Crippen molar-refractivity contribution in [1.29, 1.82) is 0 Å². The first-order valence-corrected chi connectivity index (χ1v) is 4.36. The number of aromatic nitrogens is 2. The SMILES string of the molecule is CCCCCNc1n[c]ccn1. The molecule has 0 aliphatic heterocycles. The van der Waals surface area contributed by atoms with E-state index in [0.29, 0.717) is 5.95 Å². The van der Waals surface area contributed by atoms with Crippen LogP contribution in [-0.2, 0) is 0 Å². The topological polar surface area (TPSA) is 37.8 Å². The van der Waals surface area contributed by atoms with E-state index in [4.69, 9.17) is 0 Å². The Morgan fingerprint density at radius 2 is 2.42 bits per heavy atom. The predicted molar refractivity (Wildman–Crippen MR) is 48.9 cm³/mol. The second-order valence-corrected chi connectivity index (χ2v) is 2.64. The summed E-state index contributed by atoms with van der Waals surface area (Å²) < 4.78 is 0. The summed E-state index contributed by atoms with van der Waals surface area (Å²) in [5.74, 6) is 0.675. The van der Waals surface area contributed by atoms with Crippen LogP contribution in [0.5, 0.6) is 0 Å². The molecule has 3 heteroatoms. The van der Waals surface area contributed by atoms with Crippen molar-refractivity contribution in [2.24, 2.45) is 0 Å². The zero-order valence-electron chi connectivity index (χ0n) is 7.38. The lowest BCUT2D eigenvalue weighted by molar-refractivity contribution is 0.740. The maximum atomic E-state index is 4.02. The molecular formula is C9H14N3. The molecule has 12 heavy (non-hydrogen) atoms. The van der Waals surface area contributed by atoms with Crippen LogP contribution in [0.25, 0.3) is 0 Å². The smallest absolute Gasteiger partial charge is 0.223 e. The van der Waals surface area contributed by atoms with Gasteiger partial charge in [-0.1, -0.05) is 19.8 Å². The number of hydrogen-bond acceptors (Lipinski definition) is 3. The molecule has 0 fully saturated rings. The van der Waals surface area contributed by atoms with Crippen LogP contribution in [-0.4, -0.2) is 16.5 Å². The zero-order chi connectivity index (χ0) is 8.65. The fourth-order valence-electron chi connectivity index (χ4n) is 0.929. The number of nitrogens with one attached hydrogen (secondary N) is 1. The Morgan fingerprint density at radius 3 is 3.08 bits per heavy atom. The summed E-state index contributed by atoms with van der Waals surface area (Å²) >= 11 is 0. The van der Waals surface area contributed by atoms with E-state index in [0.717, 1.165) is 6.54 Å². The van der Waals surface area contributed by atoms with Gasteiger partial charge in [-0.2, -0.15) is 0 Å². The van der Waals surface area contributed by atoms with E-state index in [-0.39, 0.29) is 0 Å². The Balaban J connectivity index is 2.16. The van der Waals surface area contributed by atoms with Crippen LogP contribution in [0.2, 0.25) is 0 Å². The number of hydrogen-bond donors (Lipinski definition) is 1. The van der Waals surface area contributed by atoms with Gasteiger partial charge in [0.1, 0.15) is 0 Å². The second kappa shape index (κ2) is 5.52. The average molecular weight is 164 g/mol. The van der Waals surface area contributed by atoms with E-state index in [1.54, 1.807) is 12.3 Å². The van der Waals surface area contributed by atoms with E-state index < -0.39 is 0 Å². The summed E-state index contributed by atoms with van der Waals surface area (Å²) in [7, 11) is 0. The van der Waals surface area contributed by atoms with Crippen molar-refractivity contribution < 1.29 is 0 Å². The number of unbranched alkanes of at least 4 members (excludes halogenated alkanes) is 2. The lowest BCUT2D eigenvalue weighted by Crippen LogP contribution is -2.04. The number of rotatable bonds is 5.